The molecule has 1 aliphatic rings. The molecule has 1 atom stereocenters. The third-order valence-corrected chi connectivity index (χ3v) is 4.56. The summed E-state index contributed by atoms with van der Waals surface area (Å²) in [5.74, 6) is 0.0235. The van der Waals surface area contributed by atoms with Crippen molar-refractivity contribution >= 4 is 27.8 Å². The molecule has 23 heavy (non-hydrogen) atoms. The van der Waals surface area contributed by atoms with Crippen molar-refractivity contribution in [1.82, 2.24) is 4.90 Å². The summed E-state index contributed by atoms with van der Waals surface area (Å²) in [4.78, 5) is 19.0. The lowest BCUT2D eigenvalue weighted by Crippen LogP contribution is -2.41. The Bertz CT molecular complexity index is 805. The predicted molar refractivity (Wildman–Crippen MR) is 93.6 cm³/mol. The Balaban J connectivity index is 2.29. The first-order valence-corrected chi connectivity index (χ1v) is 7.97. The van der Waals surface area contributed by atoms with E-state index in [1.807, 2.05) is 48.5 Å². The number of carbonyl (C=O) groups is 1. The molecule has 0 spiro atoms. The lowest BCUT2D eigenvalue weighted by molar-refractivity contribution is -0.129. The number of hydrogen-bond donors (Lipinski definition) is 2. The highest BCUT2D eigenvalue weighted by molar-refractivity contribution is 9.10. The molecule has 6 heteroatoms. The molecule has 2 aromatic rings. The summed E-state index contributed by atoms with van der Waals surface area (Å²) in [7, 11) is 1.63. The molecule has 3 rings (SSSR count). The largest absolute Gasteiger partial charge is 0.369 e. The maximum absolute atomic E-state index is 13.0. The molecule has 0 bridgehead atoms. The molecule has 118 valence electrons. The van der Waals surface area contributed by atoms with Gasteiger partial charge in [-0.05, 0) is 28.8 Å². The van der Waals surface area contributed by atoms with E-state index in [0.717, 1.165) is 21.2 Å². The first-order chi connectivity index (χ1) is 11.0. The molecule has 0 aliphatic carbocycles. The summed E-state index contributed by atoms with van der Waals surface area (Å²) < 4.78 is 0.875. The van der Waals surface area contributed by atoms with Crippen LogP contribution < -0.4 is 11.5 Å². The number of guanidine groups is 1. The van der Waals surface area contributed by atoms with E-state index in [-0.39, 0.29) is 11.9 Å². The number of benzene rings is 2. The average molecular weight is 373 g/mol. The summed E-state index contributed by atoms with van der Waals surface area (Å²) >= 11 is 3.46. The fraction of sp³-hybridized carbons (Fsp3) is 0.176. The molecule has 2 aromatic carbocycles. The number of rotatable bonds is 3. The number of nitrogens with two attached hydrogens (primary N) is 2. The Morgan fingerprint density at radius 3 is 2.39 bits per heavy atom. The maximum Gasteiger partial charge on any atom is 0.266 e. The zero-order valence-corrected chi connectivity index (χ0v) is 14.2. The smallest absolute Gasteiger partial charge is 0.266 e. The Morgan fingerprint density at radius 1 is 1.17 bits per heavy atom. The van der Waals surface area contributed by atoms with Gasteiger partial charge in [0, 0.05) is 18.1 Å². The molecule has 1 unspecified atom stereocenters. The highest BCUT2D eigenvalue weighted by Gasteiger charge is 2.49. The summed E-state index contributed by atoms with van der Waals surface area (Å²) in [6.45, 7) is 0.394. The minimum absolute atomic E-state index is 0.178. The fourth-order valence-corrected chi connectivity index (χ4v) is 3.22. The average Bonchev–Trinajstić information content (AvgIpc) is 2.80. The van der Waals surface area contributed by atoms with Gasteiger partial charge in [0.25, 0.3) is 5.91 Å². The van der Waals surface area contributed by atoms with Crippen LogP contribution >= 0.6 is 15.9 Å². The Morgan fingerprint density at radius 2 is 1.83 bits per heavy atom. The monoisotopic (exact) mass is 372 g/mol. The van der Waals surface area contributed by atoms with Crippen molar-refractivity contribution in [3.05, 3.63) is 69.7 Å². The number of halogens is 1. The van der Waals surface area contributed by atoms with Crippen molar-refractivity contribution in [3.63, 3.8) is 0 Å². The van der Waals surface area contributed by atoms with Crippen molar-refractivity contribution in [2.75, 3.05) is 7.05 Å². The second-order valence-electron chi connectivity index (χ2n) is 5.46. The number of amides is 1. The van der Waals surface area contributed by atoms with Crippen LogP contribution in [-0.2, 0) is 16.9 Å². The lowest BCUT2D eigenvalue weighted by atomic mass is 9.82. The summed E-state index contributed by atoms with van der Waals surface area (Å²) in [6, 6.07) is 15.2. The molecule has 4 N–H and O–H groups in total. The van der Waals surface area contributed by atoms with Crippen LogP contribution in [-0.4, -0.2) is 23.8 Å². The van der Waals surface area contributed by atoms with E-state index in [9.17, 15) is 4.79 Å². The molecule has 0 aromatic heterocycles. The third kappa shape index (κ3) is 2.44. The number of likely N-dealkylation sites (N-methyl/N-ethyl adjacent to an activating group) is 1. The van der Waals surface area contributed by atoms with Gasteiger partial charge in [0.1, 0.15) is 0 Å². The second kappa shape index (κ2) is 5.79. The van der Waals surface area contributed by atoms with E-state index in [4.69, 9.17) is 11.5 Å². The number of nitrogens with zero attached hydrogens (tertiary/aromatic N) is 2. The van der Waals surface area contributed by atoms with Crippen molar-refractivity contribution in [2.45, 2.75) is 12.1 Å². The molecule has 1 amide bonds. The Hall–Kier alpha value is -2.18. The molecule has 0 radical (unpaired) electrons. The number of carbonyl (C=O) groups excluding carboxylic acids is 1. The second-order valence-corrected chi connectivity index (χ2v) is 6.38. The van der Waals surface area contributed by atoms with Gasteiger partial charge in [-0.15, -0.1) is 0 Å². The van der Waals surface area contributed by atoms with E-state index in [2.05, 4.69) is 20.9 Å². The minimum atomic E-state index is -1.17. The van der Waals surface area contributed by atoms with E-state index in [0.29, 0.717) is 6.54 Å². The lowest BCUT2D eigenvalue weighted by Gasteiger charge is -2.26. The topological polar surface area (TPSA) is 84.7 Å². The quantitative estimate of drug-likeness (QED) is 0.863. The van der Waals surface area contributed by atoms with E-state index >= 15 is 0 Å². The van der Waals surface area contributed by atoms with Crippen LogP contribution in [0.5, 0.6) is 0 Å². The summed E-state index contributed by atoms with van der Waals surface area (Å²) in [5.41, 5.74) is 13.0. The molecular weight excluding hydrogens is 356 g/mol. The van der Waals surface area contributed by atoms with Crippen LogP contribution in [0.1, 0.15) is 16.7 Å². The van der Waals surface area contributed by atoms with Crippen molar-refractivity contribution in [2.24, 2.45) is 16.5 Å². The minimum Gasteiger partial charge on any atom is -0.369 e. The normalized spacial score (nSPS) is 20.7. The van der Waals surface area contributed by atoms with Gasteiger partial charge in [-0.25, -0.2) is 4.99 Å². The van der Waals surface area contributed by atoms with Gasteiger partial charge in [0.15, 0.2) is 11.5 Å². The summed E-state index contributed by atoms with van der Waals surface area (Å²) in [6.07, 6.45) is 0. The van der Waals surface area contributed by atoms with Crippen LogP contribution in [0.3, 0.4) is 0 Å². The molecule has 0 saturated carbocycles. The number of aliphatic imine (C=N–C) groups is 1. The predicted octanol–water partition coefficient (Wildman–Crippen LogP) is 1.94. The van der Waals surface area contributed by atoms with Crippen LogP contribution in [0.15, 0.2) is 58.0 Å². The third-order valence-electron chi connectivity index (χ3n) is 4.06. The van der Waals surface area contributed by atoms with Crippen LogP contribution in [0.25, 0.3) is 0 Å². The Kier molecular flexibility index (Phi) is 3.95. The SMILES string of the molecule is CN1C(=O)C(c2cccc(Br)c2)(c2cccc(CN)c2)N=C1N. The maximum atomic E-state index is 13.0. The van der Waals surface area contributed by atoms with Gasteiger partial charge in [-0.1, -0.05) is 52.3 Å². The van der Waals surface area contributed by atoms with Gasteiger partial charge < -0.3 is 11.5 Å². The van der Waals surface area contributed by atoms with Gasteiger partial charge in [-0.3, -0.25) is 9.69 Å². The van der Waals surface area contributed by atoms with Gasteiger partial charge in [-0.2, -0.15) is 0 Å². The van der Waals surface area contributed by atoms with E-state index in [1.165, 1.54) is 4.90 Å². The number of hydrogen-bond acceptors (Lipinski definition) is 4. The molecule has 1 aliphatic heterocycles. The van der Waals surface area contributed by atoms with E-state index < -0.39 is 5.54 Å². The van der Waals surface area contributed by atoms with Gasteiger partial charge in [0.05, 0.1) is 0 Å². The molecule has 0 saturated heterocycles. The van der Waals surface area contributed by atoms with Crippen LogP contribution in [0, 0.1) is 0 Å². The molecule has 0 fully saturated rings. The standard InChI is InChI=1S/C17H17BrN4O/c1-22-15(23)17(21-16(22)20,13-6-3-7-14(18)9-13)12-5-2-4-11(8-12)10-19/h2-9H,10,19H2,1H3,(H2,20,21). The van der Waals surface area contributed by atoms with Crippen molar-refractivity contribution < 1.29 is 4.79 Å². The van der Waals surface area contributed by atoms with Crippen LogP contribution in [0.2, 0.25) is 0 Å². The van der Waals surface area contributed by atoms with Crippen molar-refractivity contribution in [1.29, 1.82) is 0 Å². The van der Waals surface area contributed by atoms with Gasteiger partial charge in [0.2, 0.25) is 0 Å². The van der Waals surface area contributed by atoms with E-state index in [1.54, 1.807) is 7.05 Å². The molecule has 1 heterocycles. The molecule has 5 nitrogen and oxygen atoms in total. The highest BCUT2D eigenvalue weighted by Crippen LogP contribution is 2.40. The molecular formula is C17H17BrN4O. The zero-order chi connectivity index (χ0) is 16.6. The highest BCUT2D eigenvalue weighted by atomic mass is 79.9. The Labute approximate surface area is 143 Å². The first-order valence-electron chi connectivity index (χ1n) is 7.18. The van der Waals surface area contributed by atoms with Gasteiger partial charge >= 0.3 is 0 Å². The van der Waals surface area contributed by atoms with Crippen molar-refractivity contribution in [3.8, 4) is 0 Å². The zero-order valence-electron chi connectivity index (χ0n) is 12.7. The van der Waals surface area contributed by atoms with Crippen LogP contribution in [0.4, 0.5) is 0 Å². The fourth-order valence-electron chi connectivity index (χ4n) is 2.82. The summed E-state index contributed by atoms with van der Waals surface area (Å²) in [5, 5.41) is 0. The first kappa shape index (κ1) is 15.7.